The largest absolute Gasteiger partial charge is 0.298 e. The Balaban J connectivity index is 3.23. The molecule has 0 aliphatic rings. The molecule has 0 N–H and O–H groups in total. The van der Waals surface area contributed by atoms with Gasteiger partial charge in [0, 0.05) is 9.13 Å². The maximum absolute atomic E-state index is 10.5. The first-order valence-corrected chi connectivity index (χ1v) is 4.60. The van der Waals surface area contributed by atoms with E-state index < -0.39 is 0 Å². The van der Waals surface area contributed by atoms with Crippen molar-refractivity contribution >= 4 is 28.9 Å². The Morgan fingerprint density at radius 1 is 1.55 bits per heavy atom. The van der Waals surface area contributed by atoms with Crippen LogP contribution in [0.15, 0.2) is 18.2 Å². The van der Waals surface area contributed by atoms with E-state index in [9.17, 15) is 4.79 Å². The summed E-state index contributed by atoms with van der Waals surface area (Å²) in [5, 5.41) is 0. The van der Waals surface area contributed by atoms with Crippen LogP contribution in [-0.4, -0.2) is 6.29 Å². The summed E-state index contributed by atoms with van der Waals surface area (Å²) in [4.78, 5) is 10.5. The van der Waals surface area contributed by atoms with Crippen LogP contribution in [0, 0.1) is 3.57 Å². The predicted octanol–water partition coefficient (Wildman–Crippen LogP) is 2.67. The molecule has 0 unspecified atom stereocenters. The molecule has 0 fully saturated rings. The summed E-state index contributed by atoms with van der Waals surface area (Å²) in [6.07, 6.45) is 1.84. The van der Waals surface area contributed by atoms with Gasteiger partial charge in [0.05, 0.1) is 0 Å². The zero-order valence-corrected chi connectivity index (χ0v) is 8.46. The maximum Gasteiger partial charge on any atom is 0.150 e. The number of carbonyl (C=O) groups excluding carboxylic acids is 1. The lowest BCUT2D eigenvalue weighted by Crippen LogP contribution is -1.93. The van der Waals surface area contributed by atoms with Gasteiger partial charge in [0.15, 0.2) is 0 Å². The summed E-state index contributed by atoms with van der Waals surface area (Å²) >= 11 is 2.25. The van der Waals surface area contributed by atoms with Gasteiger partial charge < -0.3 is 0 Å². The van der Waals surface area contributed by atoms with Crippen molar-refractivity contribution in [1.29, 1.82) is 0 Å². The van der Waals surface area contributed by atoms with Crippen molar-refractivity contribution in [3.63, 3.8) is 0 Å². The summed E-state index contributed by atoms with van der Waals surface area (Å²) in [6, 6.07) is 5.78. The van der Waals surface area contributed by atoms with Crippen molar-refractivity contribution in [2.24, 2.45) is 0 Å². The number of benzene rings is 1. The molecule has 11 heavy (non-hydrogen) atoms. The van der Waals surface area contributed by atoms with Crippen molar-refractivity contribution in [2.45, 2.75) is 13.3 Å². The van der Waals surface area contributed by atoms with Crippen LogP contribution in [0.1, 0.15) is 22.8 Å². The van der Waals surface area contributed by atoms with E-state index >= 15 is 0 Å². The second-order valence-electron chi connectivity index (χ2n) is 2.28. The summed E-state index contributed by atoms with van der Waals surface area (Å²) in [5.41, 5.74) is 1.97. The van der Waals surface area contributed by atoms with Crippen molar-refractivity contribution < 1.29 is 4.79 Å². The van der Waals surface area contributed by atoms with Gasteiger partial charge in [-0.25, -0.2) is 0 Å². The van der Waals surface area contributed by atoms with Crippen molar-refractivity contribution in [3.8, 4) is 0 Å². The second kappa shape index (κ2) is 3.85. The van der Waals surface area contributed by atoms with Crippen LogP contribution < -0.4 is 0 Å². The highest BCUT2D eigenvalue weighted by Crippen LogP contribution is 2.15. The van der Waals surface area contributed by atoms with Crippen molar-refractivity contribution in [3.05, 3.63) is 32.9 Å². The highest BCUT2D eigenvalue weighted by atomic mass is 127. The van der Waals surface area contributed by atoms with E-state index in [0.29, 0.717) is 0 Å². The molecule has 0 aliphatic heterocycles. The van der Waals surface area contributed by atoms with Crippen LogP contribution >= 0.6 is 22.6 Å². The molecule has 58 valence electrons. The van der Waals surface area contributed by atoms with Crippen LogP contribution in [0.2, 0.25) is 0 Å². The topological polar surface area (TPSA) is 17.1 Å². The third-order valence-electron chi connectivity index (χ3n) is 1.64. The van der Waals surface area contributed by atoms with Gasteiger partial charge in [0.1, 0.15) is 6.29 Å². The molecule has 0 saturated heterocycles. The van der Waals surface area contributed by atoms with Gasteiger partial charge in [-0.05, 0) is 40.6 Å². The van der Waals surface area contributed by atoms with Gasteiger partial charge in [-0.1, -0.05) is 19.1 Å². The summed E-state index contributed by atoms with van der Waals surface area (Å²) < 4.78 is 1.18. The van der Waals surface area contributed by atoms with Gasteiger partial charge >= 0.3 is 0 Å². The zero-order chi connectivity index (χ0) is 8.27. The summed E-state index contributed by atoms with van der Waals surface area (Å²) in [5.74, 6) is 0. The van der Waals surface area contributed by atoms with E-state index in [1.807, 2.05) is 18.2 Å². The third-order valence-corrected chi connectivity index (χ3v) is 2.65. The Morgan fingerprint density at radius 2 is 2.27 bits per heavy atom. The van der Waals surface area contributed by atoms with E-state index in [0.717, 1.165) is 23.8 Å². The molecule has 1 nitrogen and oxygen atoms in total. The van der Waals surface area contributed by atoms with Gasteiger partial charge in [0.25, 0.3) is 0 Å². The number of aldehydes is 1. The number of carbonyl (C=O) groups is 1. The Bertz CT molecular complexity index is 268. The van der Waals surface area contributed by atoms with Crippen LogP contribution in [0.25, 0.3) is 0 Å². The third kappa shape index (κ3) is 1.80. The molecule has 0 aromatic heterocycles. The van der Waals surface area contributed by atoms with Crippen LogP contribution in [0.3, 0.4) is 0 Å². The average Bonchev–Trinajstić information content (AvgIpc) is 2.04. The molecule has 0 heterocycles. The second-order valence-corrected chi connectivity index (χ2v) is 3.44. The molecule has 0 saturated carbocycles. The maximum atomic E-state index is 10.5. The van der Waals surface area contributed by atoms with E-state index in [1.54, 1.807) is 0 Å². The number of halogens is 1. The van der Waals surface area contributed by atoms with Gasteiger partial charge in [-0.3, -0.25) is 4.79 Å². The van der Waals surface area contributed by atoms with Gasteiger partial charge in [0.2, 0.25) is 0 Å². The van der Waals surface area contributed by atoms with Crippen molar-refractivity contribution in [1.82, 2.24) is 0 Å². The molecule has 1 rings (SSSR count). The van der Waals surface area contributed by atoms with E-state index in [-0.39, 0.29) is 0 Å². The number of hydrogen-bond donors (Lipinski definition) is 0. The fourth-order valence-electron chi connectivity index (χ4n) is 1.06. The molecule has 0 aliphatic carbocycles. The first-order chi connectivity index (χ1) is 5.29. The lowest BCUT2D eigenvalue weighted by Gasteiger charge is -2.02. The molecule has 1 aromatic carbocycles. The molecular weight excluding hydrogens is 251 g/mol. The predicted molar refractivity (Wildman–Crippen MR) is 53.9 cm³/mol. The Labute approximate surface area is 79.9 Å². The van der Waals surface area contributed by atoms with E-state index in [2.05, 4.69) is 29.5 Å². The Morgan fingerprint density at radius 3 is 2.73 bits per heavy atom. The minimum atomic E-state index is 0.819. The molecule has 0 bridgehead atoms. The van der Waals surface area contributed by atoms with Gasteiger partial charge in [-0.2, -0.15) is 0 Å². The molecule has 0 spiro atoms. The number of rotatable bonds is 2. The van der Waals surface area contributed by atoms with Crippen LogP contribution in [0.4, 0.5) is 0 Å². The van der Waals surface area contributed by atoms with Crippen LogP contribution in [0.5, 0.6) is 0 Å². The lowest BCUT2D eigenvalue weighted by molar-refractivity contribution is 0.112. The zero-order valence-electron chi connectivity index (χ0n) is 6.30. The molecule has 0 amide bonds. The van der Waals surface area contributed by atoms with E-state index in [1.165, 1.54) is 3.57 Å². The minimum Gasteiger partial charge on any atom is -0.298 e. The number of hydrogen-bond acceptors (Lipinski definition) is 1. The highest BCUT2D eigenvalue weighted by Gasteiger charge is 2.01. The first kappa shape index (κ1) is 8.71. The Hall–Kier alpha value is -0.380. The summed E-state index contributed by atoms with van der Waals surface area (Å²) in [6.45, 7) is 2.06. The first-order valence-electron chi connectivity index (χ1n) is 3.52. The van der Waals surface area contributed by atoms with Gasteiger partial charge in [-0.15, -0.1) is 0 Å². The molecule has 0 radical (unpaired) electrons. The monoisotopic (exact) mass is 260 g/mol. The molecule has 0 atom stereocenters. The SMILES string of the molecule is CCc1c(I)cccc1C=O. The Kier molecular flexibility index (Phi) is 3.05. The molecular formula is C9H9IO. The minimum absolute atomic E-state index is 0.819. The highest BCUT2D eigenvalue weighted by molar-refractivity contribution is 14.1. The van der Waals surface area contributed by atoms with E-state index in [4.69, 9.17) is 0 Å². The fourth-order valence-corrected chi connectivity index (χ4v) is 1.96. The molecule has 2 heteroatoms. The summed E-state index contributed by atoms with van der Waals surface area (Å²) in [7, 11) is 0. The normalized spacial score (nSPS) is 9.64. The average molecular weight is 260 g/mol. The smallest absolute Gasteiger partial charge is 0.150 e. The fraction of sp³-hybridized carbons (Fsp3) is 0.222. The molecule has 1 aromatic rings. The lowest BCUT2D eigenvalue weighted by atomic mass is 10.1. The quantitative estimate of drug-likeness (QED) is 0.590. The van der Waals surface area contributed by atoms with Crippen molar-refractivity contribution in [2.75, 3.05) is 0 Å². The van der Waals surface area contributed by atoms with Crippen LogP contribution in [-0.2, 0) is 6.42 Å². The standard InChI is InChI=1S/C9H9IO/c1-2-8-7(6-11)4-3-5-9(8)10/h3-6H,2H2,1H3.